The van der Waals surface area contributed by atoms with E-state index < -0.39 is 41.6 Å². The van der Waals surface area contributed by atoms with Crippen molar-refractivity contribution in [2.24, 2.45) is 17.8 Å². The molecule has 3 fully saturated rings. The van der Waals surface area contributed by atoms with E-state index in [0.29, 0.717) is 30.0 Å². The number of nitrogens with zero attached hydrogens (tertiary/aromatic N) is 2. The second kappa shape index (κ2) is 10.8. The number of carbonyl (C=O) groups is 3. The SMILES string of the molecule is C=CCN(C(=O)[C@@H]1N([C@@H](CO)CC(C)C)C(=O)[C@H]2[C@H](C(=O)OCC)[C@@H]3CC[C@]12O3)c1c(C)cccc1Cl. The van der Waals surface area contributed by atoms with Gasteiger partial charge in [0.2, 0.25) is 5.91 Å². The minimum Gasteiger partial charge on any atom is -0.466 e. The molecule has 3 saturated heterocycles. The summed E-state index contributed by atoms with van der Waals surface area (Å²) < 4.78 is 11.8. The Bertz CT molecular complexity index is 1060. The summed E-state index contributed by atoms with van der Waals surface area (Å²) in [6.07, 6.45) is 2.63. The van der Waals surface area contributed by atoms with E-state index in [1.165, 1.54) is 4.90 Å². The molecule has 202 valence electrons. The highest BCUT2D eigenvalue weighted by atomic mass is 35.5. The van der Waals surface area contributed by atoms with E-state index in [4.69, 9.17) is 21.1 Å². The number of hydrogen-bond donors (Lipinski definition) is 1. The fraction of sp³-hybridized carbons (Fsp3) is 0.607. The molecule has 6 atom stereocenters. The van der Waals surface area contributed by atoms with E-state index in [1.807, 2.05) is 32.9 Å². The summed E-state index contributed by atoms with van der Waals surface area (Å²) >= 11 is 6.58. The zero-order chi connectivity index (χ0) is 27.1. The molecule has 1 spiro atoms. The number of aryl methyl sites for hydroxylation is 1. The first-order chi connectivity index (χ1) is 17.6. The molecule has 9 heteroatoms. The van der Waals surface area contributed by atoms with Crippen molar-refractivity contribution >= 4 is 35.1 Å². The first-order valence-electron chi connectivity index (χ1n) is 13.1. The Labute approximate surface area is 223 Å². The normalized spacial score (nSPS) is 28.9. The van der Waals surface area contributed by atoms with Crippen LogP contribution >= 0.6 is 11.6 Å². The molecule has 2 bridgehead atoms. The van der Waals surface area contributed by atoms with Gasteiger partial charge >= 0.3 is 5.97 Å². The molecule has 1 N–H and O–H groups in total. The smallest absolute Gasteiger partial charge is 0.312 e. The summed E-state index contributed by atoms with van der Waals surface area (Å²) in [6, 6.07) is 3.77. The van der Waals surface area contributed by atoms with Crippen LogP contribution in [0.5, 0.6) is 0 Å². The molecular formula is C28H37ClN2O6. The van der Waals surface area contributed by atoms with Crippen LogP contribution in [-0.2, 0) is 23.9 Å². The first kappa shape index (κ1) is 27.6. The number of halogens is 1. The van der Waals surface area contributed by atoms with Crippen LogP contribution in [0.3, 0.4) is 0 Å². The average molecular weight is 533 g/mol. The van der Waals surface area contributed by atoms with Crippen LogP contribution in [0.1, 0.15) is 45.6 Å². The summed E-state index contributed by atoms with van der Waals surface area (Å²) in [5.74, 6) is -2.65. The number of rotatable bonds is 10. The Hall–Kier alpha value is -2.42. The fourth-order valence-corrected chi connectivity index (χ4v) is 6.95. The second-order valence-corrected chi connectivity index (χ2v) is 11.1. The highest BCUT2D eigenvalue weighted by Gasteiger charge is 2.75. The number of likely N-dealkylation sites (tertiary alicyclic amines) is 1. The maximum Gasteiger partial charge on any atom is 0.312 e. The molecule has 2 amide bonds. The number of carbonyl (C=O) groups excluding carboxylic acids is 3. The van der Waals surface area contributed by atoms with Crippen LogP contribution < -0.4 is 4.90 Å². The van der Waals surface area contributed by atoms with Crippen LogP contribution in [0.15, 0.2) is 30.9 Å². The van der Waals surface area contributed by atoms with Crippen molar-refractivity contribution in [1.82, 2.24) is 4.90 Å². The topological polar surface area (TPSA) is 96.4 Å². The fourth-order valence-electron chi connectivity index (χ4n) is 6.62. The summed E-state index contributed by atoms with van der Waals surface area (Å²) in [6.45, 7) is 11.5. The third-order valence-corrected chi connectivity index (χ3v) is 8.22. The number of anilines is 1. The Kier molecular flexibility index (Phi) is 8.02. The lowest BCUT2D eigenvalue weighted by atomic mass is 9.70. The van der Waals surface area contributed by atoms with Gasteiger partial charge in [-0.25, -0.2) is 0 Å². The van der Waals surface area contributed by atoms with Gasteiger partial charge in [0.05, 0.1) is 47.9 Å². The minimum absolute atomic E-state index is 0.159. The number of hydrogen-bond acceptors (Lipinski definition) is 6. The van der Waals surface area contributed by atoms with Gasteiger partial charge in [-0.1, -0.05) is 43.7 Å². The minimum atomic E-state index is -1.19. The lowest BCUT2D eigenvalue weighted by Crippen LogP contribution is -2.59. The number of benzene rings is 1. The number of esters is 1. The average Bonchev–Trinajstić information content (AvgIpc) is 3.49. The standard InChI is InChI=1S/C28H37ClN2O6/c1-6-13-30(23-17(5)9-8-10-19(23)29)26(34)24-28-12-11-20(37-28)21(27(35)36-7-2)22(28)25(33)31(24)18(15-32)14-16(3)4/h6,8-10,16,18,20-22,24,32H,1,7,11-15H2,2-5H3/t18-,20+,21-,22-,24+,28-/m1/s1. The van der Waals surface area contributed by atoms with Gasteiger partial charge in [0.1, 0.15) is 11.6 Å². The number of aliphatic hydroxyl groups is 1. The van der Waals surface area contributed by atoms with Crippen LogP contribution in [0.25, 0.3) is 0 Å². The van der Waals surface area contributed by atoms with Gasteiger partial charge in [0, 0.05) is 6.54 Å². The van der Waals surface area contributed by atoms with Crippen molar-refractivity contribution in [3.8, 4) is 0 Å². The molecule has 0 aromatic heterocycles. The molecule has 1 aromatic carbocycles. The molecule has 3 aliphatic heterocycles. The molecule has 0 radical (unpaired) electrons. The summed E-state index contributed by atoms with van der Waals surface area (Å²) in [4.78, 5) is 44.8. The van der Waals surface area contributed by atoms with Crippen molar-refractivity contribution in [2.75, 3.05) is 24.7 Å². The van der Waals surface area contributed by atoms with E-state index in [-0.39, 0.29) is 37.5 Å². The maximum atomic E-state index is 14.6. The molecular weight excluding hydrogens is 496 g/mol. The zero-order valence-electron chi connectivity index (χ0n) is 22.0. The second-order valence-electron chi connectivity index (χ2n) is 10.7. The molecule has 0 aliphatic carbocycles. The molecule has 3 heterocycles. The predicted molar refractivity (Wildman–Crippen MR) is 140 cm³/mol. The van der Waals surface area contributed by atoms with Crippen molar-refractivity contribution in [2.45, 2.75) is 70.7 Å². The number of aliphatic hydroxyl groups excluding tert-OH is 1. The Morgan fingerprint density at radius 1 is 1.41 bits per heavy atom. The van der Waals surface area contributed by atoms with Gasteiger partial charge in [-0.2, -0.15) is 0 Å². The molecule has 1 aromatic rings. The van der Waals surface area contributed by atoms with Gasteiger partial charge < -0.3 is 24.4 Å². The highest BCUT2D eigenvalue weighted by Crippen LogP contribution is 2.59. The van der Waals surface area contributed by atoms with Crippen LogP contribution in [0.4, 0.5) is 5.69 Å². The Balaban J connectivity index is 1.86. The van der Waals surface area contributed by atoms with Crippen molar-refractivity contribution < 1.29 is 29.0 Å². The lowest BCUT2D eigenvalue weighted by Gasteiger charge is -2.40. The lowest BCUT2D eigenvalue weighted by molar-refractivity contribution is -0.155. The summed E-state index contributed by atoms with van der Waals surface area (Å²) in [7, 11) is 0. The van der Waals surface area contributed by atoms with Crippen molar-refractivity contribution in [3.63, 3.8) is 0 Å². The Morgan fingerprint density at radius 2 is 2.14 bits per heavy atom. The zero-order valence-corrected chi connectivity index (χ0v) is 22.7. The molecule has 8 nitrogen and oxygen atoms in total. The van der Waals surface area contributed by atoms with Crippen LogP contribution in [0, 0.1) is 24.7 Å². The van der Waals surface area contributed by atoms with E-state index >= 15 is 0 Å². The quantitative estimate of drug-likeness (QED) is 0.366. The van der Waals surface area contributed by atoms with Gasteiger partial charge in [-0.3, -0.25) is 14.4 Å². The molecule has 4 rings (SSSR count). The monoisotopic (exact) mass is 532 g/mol. The first-order valence-corrected chi connectivity index (χ1v) is 13.5. The van der Waals surface area contributed by atoms with Gasteiger partial charge in [0.15, 0.2) is 0 Å². The molecule has 3 aliphatic rings. The number of ether oxygens (including phenoxy) is 2. The molecule has 0 saturated carbocycles. The van der Waals surface area contributed by atoms with Gasteiger partial charge in [0.25, 0.3) is 5.91 Å². The van der Waals surface area contributed by atoms with E-state index in [0.717, 1.165) is 5.56 Å². The van der Waals surface area contributed by atoms with Crippen molar-refractivity contribution in [3.05, 3.63) is 41.4 Å². The molecule has 0 unspecified atom stereocenters. The van der Waals surface area contributed by atoms with Gasteiger partial charge in [-0.15, -0.1) is 6.58 Å². The number of amides is 2. The number of fused-ring (bicyclic) bond motifs is 1. The summed E-state index contributed by atoms with van der Waals surface area (Å²) in [5.41, 5.74) is 0.157. The van der Waals surface area contributed by atoms with Crippen molar-refractivity contribution in [1.29, 1.82) is 0 Å². The van der Waals surface area contributed by atoms with Gasteiger partial charge in [-0.05, 0) is 50.7 Å². The van der Waals surface area contributed by atoms with Crippen LogP contribution in [0.2, 0.25) is 5.02 Å². The maximum absolute atomic E-state index is 14.6. The van der Waals surface area contributed by atoms with E-state index in [1.54, 1.807) is 24.0 Å². The van der Waals surface area contributed by atoms with E-state index in [2.05, 4.69) is 6.58 Å². The number of para-hydroxylation sites is 1. The van der Waals surface area contributed by atoms with E-state index in [9.17, 15) is 19.5 Å². The summed E-state index contributed by atoms with van der Waals surface area (Å²) in [5, 5.41) is 10.8. The third-order valence-electron chi connectivity index (χ3n) is 7.91. The van der Waals surface area contributed by atoms with Crippen LogP contribution in [-0.4, -0.2) is 71.3 Å². The molecule has 37 heavy (non-hydrogen) atoms. The largest absolute Gasteiger partial charge is 0.466 e. The predicted octanol–water partition coefficient (Wildman–Crippen LogP) is 3.51. The third kappa shape index (κ3) is 4.47. The Morgan fingerprint density at radius 3 is 2.73 bits per heavy atom. The highest BCUT2D eigenvalue weighted by molar-refractivity contribution is 6.34.